The predicted octanol–water partition coefficient (Wildman–Crippen LogP) is 11.6. The Balaban J connectivity index is 1.29. The van der Waals surface area contributed by atoms with E-state index in [4.69, 9.17) is 4.74 Å². The van der Waals surface area contributed by atoms with Gasteiger partial charge in [0.1, 0.15) is 12.2 Å². The third-order valence-electron chi connectivity index (χ3n) is 10.5. The summed E-state index contributed by atoms with van der Waals surface area (Å²) in [6.45, 7) is 15.5. The van der Waals surface area contributed by atoms with Crippen molar-refractivity contribution >= 4 is 45.1 Å². The van der Waals surface area contributed by atoms with Crippen molar-refractivity contribution in [1.82, 2.24) is 0 Å². The van der Waals surface area contributed by atoms with E-state index in [9.17, 15) is 0 Å². The summed E-state index contributed by atoms with van der Waals surface area (Å²) >= 11 is 0. The second-order valence-electron chi connectivity index (χ2n) is 13.8. The largest absolute Gasteiger partial charge is 0.364 e. The van der Waals surface area contributed by atoms with E-state index in [1.54, 1.807) is 0 Å². The van der Waals surface area contributed by atoms with E-state index in [-0.39, 0.29) is 12.2 Å². The van der Waals surface area contributed by atoms with Crippen LogP contribution >= 0.6 is 0 Å². The summed E-state index contributed by atoms with van der Waals surface area (Å²) < 4.78 is 7.72. The van der Waals surface area contributed by atoms with Crippen LogP contribution in [0.15, 0.2) is 158 Å². The highest BCUT2D eigenvalue weighted by atomic mass is 16.5. The average Bonchev–Trinajstić information content (AvgIpc) is 3.17. The van der Waals surface area contributed by atoms with Crippen LogP contribution in [-0.2, 0) is 4.74 Å². The first kappa shape index (κ1) is 32.6. The van der Waals surface area contributed by atoms with Crippen molar-refractivity contribution in [3.05, 3.63) is 191 Å². The van der Waals surface area contributed by atoms with Gasteiger partial charge < -0.3 is 14.5 Å². The molecule has 2 atom stereocenters. The lowest BCUT2D eigenvalue weighted by molar-refractivity contribution is 0.0267. The highest BCUT2D eigenvalue weighted by molar-refractivity contribution is 5.99. The van der Waals surface area contributed by atoms with Gasteiger partial charge in [-0.25, -0.2) is 0 Å². The maximum Gasteiger partial charge on any atom is 0.107 e. The molecule has 0 spiro atoms. The molecule has 3 nitrogen and oxygen atoms in total. The molecule has 0 aromatic heterocycles. The molecule has 0 saturated heterocycles. The molecule has 6 aromatic rings. The molecular weight excluding hydrogens is 621 g/mol. The Morgan fingerprint density at radius 2 is 0.961 bits per heavy atom. The number of aryl methyl sites for hydroxylation is 2. The van der Waals surface area contributed by atoms with Crippen LogP contribution in [0.1, 0.15) is 45.6 Å². The predicted molar refractivity (Wildman–Crippen MR) is 218 cm³/mol. The zero-order chi connectivity index (χ0) is 34.9. The van der Waals surface area contributed by atoms with Gasteiger partial charge in [-0.2, -0.15) is 0 Å². The molecule has 0 aliphatic heterocycles. The van der Waals surface area contributed by atoms with Gasteiger partial charge in [0, 0.05) is 37.6 Å². The summed E-state index contributed by atoms with van der Waals surface area (Å²) in [5, 5.41) is 5.14. The van der Waals surface area contributed by atoms with E-state index in [0.29, 0.717) is 13.1 Å². The Hall–Kier alpha value is -5.64. The smallest absolute Gasteiger partial charge is 0.107 e. The maximum atomic E-state index is 7.72. The number of para-hydroxylation sites is 2. The topological polar surface area (TPSA) is 15.7 Å². The quantitative estimate of drug-likeness (QED) is 0.121. The molecule has 0 N–H and O–H groups in total. The second-order valence-corrected chi connectivity index (χ2v) is 13.8. The van der Waals surface area contributed by atoms with Crippen molar-refractivity contribution in [2.75, 3.05) is 36.0 Å². The van der Waals surface area contributed by atoms with Crippen LogP contribution in [0.4, 0.5) is 11.4 Å². The molecule has 8 rings (SSSR count). The summed E-state index contributed by atoms with van der Waals surface area (Å²) in [7, 11) is 0. The van der Waals surface area contributed by atoms with Crippen molar-refractivity contribution in [3.8, 4) is 0 Å². The van der Waals surface area contributed by atoms with E-state index in [0.717, 1.165) is 13.1 Å². The molecule has 6 aromatic carbocycles. The molecule has 2 unspecified atom stereocenters. The molecule has 0 amide bonds. The van der Waals surface area contributed by atoms with Gasteiger partial charge in [0.15, 0.2) is 0 Å². The normalized spacial score (nSPS) is 16.0. The lowest BCUT2D eigenvalue weighted by atomic mass is 9.83. The van der Waals surface area contributed by atoms with E-state index in [1.807, 2.05) is 12.2 Å². The van der Waals surface area contributed by atoms with Crippen LogP contribution in [0.25, 0.3) is 33.7 Å². The summed E-state index contributed by atoms with van der Waals surface area (Å²) in [5.41, 5.74) is 12.3. The molecule has 0 saturated carbocycles. The van der Waals surface area contributed by atoms with Gasteiger partial charge >= 0.3 is 0 Å². The summed E-state index contributed by atoms with van der Waals surface area (Å²) in [4.78, 5) is 4.79. The fourth-order valence-corrected chi connectivity index (χ4v) is 8.11. The summed E-state index contributed by atoms with van der Waals surface area (Å²) in [5.74, 6) is 0. The van der Waals surface area contributed by atoms with Crippen LogP contribution in [0.5, 0.6) is 0 Å². The standard InChI is InChI=1S/C48H44N2O/c1-5-27-49(39-15-9-7-10-16-39)31-37-29-35-25-23-33(3)41-19-13-21-43(45(35)41)47(37)51-48-38(32-50(28-6-2)40-17-11-8-12-18-40)30-36-26-24-34(4)42-20-14-22-44(48)46(36)42/h5-26,29-30,47-48H,1-2,27-28,31-32H2,3-4H3. The molecule has 0 bridgehead atoms. The zero-order valence-corrected chi connectivity index (χ0v) is 29.6. The van der Waals surface area contributed by atoms with Crippen molar-refractivity contribution < 1.29 is 4.74 Å². The molecular formula is C48H44N2O. The summed E-state index contributed by atoms with van der Waals surface area (Å²) in [6, 6.07) is 43.8. The highest BCUT2D eigenvalue weighted by Crippen LogP contribution is 2.48. The van der Waals surface area contributed by atoms with Crippen LogP contribution in [0, 0.1) is 13.8 Å². The van der Waals surface area contributed by atoms with E-state index in [1.165, 1.54) is 77.4 Å². The van der Waals surface area contributed by atoms with Gasteiger partial charge in [-0.15, -0.1) is 13.2 Å². The lowest BCUT2D eigenvalue weighted by Crippen LogP contribution is -2.32. The number of ether oxygens (including phenoxy) is 1. The molecule has 3 heteroatoms. The molecule has 252 valence electrons. The zero-order valence-electron chi connectivity index (χ0n) is 29.6. The van der Waals surface area contributed by atoms with Crippen molar-refractivity contribution in [1.29, 1.82) is 0 Å². The minimum atomic E-state index is -0.265. The minimum absolute atomic E-state index is 0.265. The number of benzene rings is 6. The highest BCUT2D eigenvalue weighted by Gasteiger charge is 2.34. The van der Waals surface area contributed by atoms with Gasteiger partial charge in [-0.3, -0.25) is 0 Å². The number of hydrogen-bond donors (Lipinski definition) is 0. The van der Waals surface area contributed by atoms with Crippen LogP contribution in [0.2, 0.25) is 0 Å². The molecule has 51 heavy (non-hydrogen) atoms. The van der Waals surface area contributed by atoms with Gasteiger partial charge in [-0.1, -0.05) is 121 Å². The second kappa shape index (κ2) is 13.9. The third-order valence-corrected chi connectivity index (χ3v) is 10.5. The first-order valence-corrected chi connectivity index (χ1v) is 18.0. The van der Waals surface area contributed by atoms with Crippen molar-refractivity contribution in [2.24, 2.45) is 0 Å². The van der Waals surface area contributed by atoms with Crippen molar-refractivity contribution in [2.45, 2.75) is 26.1 Å². The number of anilines is 2. The van der Waals surface area contributed by atoms with E-state index < -0.39 is 0 Å². The molecule has 0 radical (unpaired) electrons. The van der Waals surface area contributed by atoms with Gasteiger partial charge in [-0.05, 0) is 104 Å². The van der Waals surface area contributed by atoms with Crippen LogP contribution < -0.4 is 9.80 Å². The number of hydrogen-bond acceptors (Lipinski definition) is 3. The first-order valence-electron chi connectivity index (χ1n) is 18.0. The summed E-state index contributed by atoms with van der Waals surface area (Å²) in [6.07, 6.45) is 8.22. The minimum Gasteiger partial charge on any atom is -0.364 e. The van der Waals surface area contributed by atoms with Gasteiger partial charge in [0.05, 0.1) is 0 Å². The Morgan fingerprint density at radius 1 is 0.529 bits per heavy atom. The molecule has 2 aliphatic carbocycles. The Kier molecular flexibility index (Phi) is 8.90. The fraction of sp³-hybridized carbons (Fsp3) is 0.167. The number of rotatable bonds is 12. The maximum absolute atomic E-state index is 7.72. The monoisotopic (exact) mass is 664 g/mol. The fourth-order valence-electron chi connectivity index (χ4n) is 8.11. The number of nitrogens with zero attached hydrogens (tertiary/aromatic N) is 2. The SMILES string of the molecule is C=CCN(CC1=Cc2ccc(C)c3cccc(c23)C1OC1C(CN(CC=C)c2ccccc2)=Cc2ccc(C)c3cccc1c23)c1ccccc1. The third kappa shape index (κ3) is 6.09. The molecule has 0 fully saturated rings. The average molecular weight is 665 g/mol. The Morgan fingerprint density at radius 3 is 1.37 bits per heavy atom. The van der Waals surface area contributed by atoms with Gasteiger partial charge in [0.2, 0.25) is 0 Å². The van der Waals surface area contributed by atoms with E-state index >= 15 is 0 Å². The Bertz CT molecular complexity index is 2150. The van der Waals surface area contributed by atoms with Crippen molar-refractivity contribution in [3.63, 3.8) is 0 Å². The molecule has 2 aliphatic rings. The Labute approximate surface area is 302 Å². The van der Waals surface area contributed by atoms with Gasteiger partial charge in [0.25, 0.3) is 0 Å². The van der Waals surface area contributed by atoms with Crippen LogP contribution in [-0.4, -0.2) is 26.2 Å². The van der Waals surface area contributed by atoms with E-state index in [2.05, 4.69) is 170 Å². The molecule has 0 heterocycles. The first-order chi connectivity index (χ1) is 25.0. The lowest BCUT2D eigenvalue weighted by Gasteiger charge is -2.37. The van der Waals surface area contributed by atoms with Crippen LogP contribution in [0.3, 0.4) is 0 Å².